The fourth-order valence-electron chi connectivity index (χ4n) is 2.63. The van der Waals surface area contributed by atoms with Crippen molar-refractivity contribution in [3.05, 3.63) is 48.0 Å². The van der Waals surface area contributed by atoms with Crippen LogP contribution in [0, 0.1) is 11.9 Å². The summed E-state index contributed by atoms with van der Waals surface area (Å²) in [5.41, 5.74) is 1.90. The number of benzene rings is 1. The molecular weight excluding hydrogens is 479 g/mol. The van der Waals surface area contributed by atoms with Gasteiger partial charge in [-0.2, -0.15) is 0 Å². The number of unbranched alkanes of at least 4 members (excludes halogenated alkanes) is 7. The van der Waals surface area contributed by atoms with Crippen molar-refractivity contribution in [3.63, 3.8) is 0 Å². The van der Waals surface area contributed by atoms with Gasteiger partial charge >= 0.3 is 0 Å². The number of nitrogens with zero attached hydrogens (tertiary/aromatic N) is 2. The summed E-state index contributed by atoms with van der Waals surface area (Å²) in [5, 5.41) is 0. The van der Waals surface area contributed by atoms with E-state index >= 15 is 0 Å². The zero-order chi connectivity index (χ0) is 16.3. The van der Waals surface area contributed by atoms with E-state index in [-0.39, 0.29) is 25.9 Å². The molecule has 2 rings (SSSR count). The molecule has 24 heavy (non-hydrogen) atoms. The van der Waals surface area contributed by atoms with Crippen LogP contribution in [0.2, 0.25) is 0 Å². The minimum atomic E-state index is -0.292. The first kappa shape index (κ1) is 20.9. The zero-order valence-electron chi connectivity index (χ0n) is 14.4. The minimum absolute atomic E-state index is 0. The Balaban J connectivity index is 0.00000288. The molecule has 0 saturated carbocycles. The molecule has 133 valence electrons. The third-order valence-corrected chi connectivity index (χ3v) is 4.04. The van der Waals surface area contributed by atoms with Crippen LogP contribution in [0.3, 0.4) is 0 Å². The molecule has 4 heteroatoms. The Morgan fingerprint density at radius 3 is 2.12 bits per heavy atom. The van der Waals surface area contributed by atoms with Gasteiger partial charge in [-0.3, -0.25) is 14.4 Å². The maximum Gasteiger partial charge on any atom is 0.0748 e. The number of hydrogen-bond donors (Lipinski definition) is 0. The fourth-order valence-corrected chi connectivity index (χ4v) is 2.63. The van der Waals surface area contributed by atoms with E-state index in [0.717, 1.165) is 12.0 Å². The van der Waals surface area contributed by atoms with E-state index in [2.05, 4.69) is 23.0 Å². The average molecular weight is 506 g/mol. The predicted octanol–water partition coefficient (Wildman–Crippen LogP) is 5.76. The molecule has 2 aromatic rings. The Labute approximate surface area is 158 Å². The first-order chi connectivity index (χ1) is 11.3. The van der Waals surface area contributed by atoms with Gasteiger partial charge in [0.15, 0.2) is 0 Å². The Kier molecular flexibility index (Phi) is 10.7. The molecule has 0 aliphatic carbocycles. The first-order valence-electron chi connectivity index (χ1n) is 8.78. The Morgan fingerprint density at radius 2 is 1.54 bits per heavy atom. The van der Waals surface area contributed by atoms with Gasteiger partial charge in [0.25, 0.3) is 0 Å². The molecule has 1 aromatic carbocycles. The first-order valence-corrected chi connectivity index (χ1v) is 8.78. The zero-order valence-corrected chi connectivity index (χ0v) is 16.8. The molecule has 1 aromatic heterocycles. The molecule has 0 bridgehead atoms. The summed E-state index contributed by atoms with van der Waals surface area (Å²) < 4.78 is 12.9. The summed E-state index contributed by atoms with van der Waals surface area (Å²) >= 11 is 0. The molecule has 0 N–H and O–H groups in total. The largest absolute Gasteiger partial charge is 0.285 e. The monoisotopic (exact) mass is 506 g/mol. The van der Waals surface area contributed by atoms with Crippen molar-refractivity contribution in [2.75, 3.05) is 0 Å². The van der Waals surface area contributed by atoms with Crippen molar-refractivity contribution >= 4 is 0 Å². The van der Waals surface area contributed by atoms with Crippen LogP contribution in [-0.2, 0) is 26.5 Å². The van der Waals surface area contributed by atoms with Crippen LogP contribution in [0.4, 0.5) is 4.39 Å². The Hall–Kier alpha value is -1.12. The summed E-state index contributed by atoms with van der Waals surface area (Å²) in [4.78, 5) is 8.73. The van der Waals surface area contributed by atoms with Crippen molar-refractivity contribution in [1.29, 1.82) is 0 Å². The average Bonchev–Trinajstić information content (AvgIpc) is 2.59. The van der Waals surface area contributed by atoms with E-state index in [1.807, 2.05) is 12.4 Å². The van der Waals surface area contributed by atoms with Crippen molar-refractivity contribution in [2.45, 2.75) is 64.7 Å². The fraction of sp³-hybridized carbons (Fsp3) is 0.500. The van der Waals surface area contributed by atoms with Gasteiger partial charge in [-0.25, -0.2) is 0 Å². The number of halogens is 1. The van der Waals surface area contributed by atoms with Gasteiger partial charge in [-0.05, 0) is 18.4 Å². The van der Waals surface area contributed by atoms with Crippen molar-refractivity contribution in [3.8, 4) is 11.4 Å². The quantitative estimate of drug-likeness (QED) is 0.303. The second-order valence-corrected chi connectivity index (χ2v) is 6.06. The van der Waals surface area contributed by atoms with E-state index in [4.69, 9.17) is 0 Å². The molecule has 1 radical (unpaired) electrons. The van der Waals surface area contributed by atoms with E-state index < -0.39 is 0 Å². The number of aryl methyl sites for hydroxylation is 1. The maximum atomic E-state index is 12.9. The van der Waals surface area contributed by atoms with Crippen LogP contribution in [0.15, 0.2) is 30.6 Å². The number of aromatic nitrogens is 2. The summed E-state index contributed by atoms with van der Waals surface area (Å²) in [6.45, 7) is 2.25. The second-order valence-electron chi connectivity index (χ2n) is 6.06. The van der Waals surface area contributed by atoms with E-state index in [1.54, 1.807) is 6.07 Å². The van der Waals surface area contributed by atoms with Gasteiger partial charge in [0.05, 0.1) is 5.82 Å². The van der Waals surface area contributed by atoms with E-state index in [1.165, 1.54) is 69.1 Å². The molecule has 2 nitrogen and oxygen atoms in total. The molecule has 0 atom stereocenters. The minimum Gasteiger partial charge on any atom is -0.285 e. The third-order valence-electron chi connectivity index (χ3n) is 4.04. The van der Waals surface area contributed by atoms with E-state index in [0.29, 0.717) is 5.82 Å². The molecule has 0 aliphatic rings. The normalized spacial score (nSPS) is 10.4. The second kappa shape index (κ2) is 12.3. The summed E-state index contributed by atoms with van der Waals surface area (Å²) in [5.74, 6) is 0.310. The predicted molar refractivity (Wildman–Crippen MR) is 92.6 cm³/mol. The van der Waals surface area contributed by atoms with Crippen LogP contribution < -0.4 is 0 Å². The van der Waals surface area contributed by atoms with Crippen LogP contribution in [0.1, 0.15) is 63.9 Å². The van der Waals surface area contributed by atoms with Crippen molar-refractivity contribution in [1.82, 2.24) is 9.97 Å². The number of hydrogen-bond acceptors (Lipinski definition) is 2. The summed E-state index contributed by atoms with van der Waals surface area (Å²) in [6, 6.07) is 7.23. The molecule has 0 saturated heterocycles. The smallest absolute Gasteiger partial charge is 0.0748 e. The van der Waals surface area contributed by atoms with Gasteiger partial charge in [0.2, 0.25) is 0 Å². The SMILES string of the molecule is CCCCCCCCCCc1cnc(-c2[c-]cc(F)cc2)nc1.[Ir]. The molecule has 1 heterocycles. The standard InChI is InChI=1S/C20H26FN2.Ir/c1-2-3-4-5-6-7-8-9-10-17-15-22-20(23-16-17)18-11-13-19(21)14-12-18;/h11,13-16H,2-10H2,1H3;/q-1;. The Morgan fingerprint density at radius 1 is 0.917 bits per heavy atom. The van der Waals surface area contributed by atoms with Crippen molar-refractivity contribution in [2.24, 2.45) is 0 Å². The number of rotatable bonds is 10. The topological polar surface area (TPSA) is 25.8 Å². The molecule has 0 fully saturated rings. The molecule has 0 unspecified atom stereocenters. The third kappa shape index (κ3) is 7.63. The van der Waals surface area contributed by atoms with Gasteiger partial charge in [0.1, 0.15) is 0 Å². The Bertz CT molecular complexity index is 555. The summed E-state index contributed by atoms with van der Waals surface area (Å²) in [6.07, 6.45) is 15.4. The molecule has 0 spiro atoms. The molecule has 0 aliphatic heterocycles. The summed E-state index contributed by atoms with van der Waals surface area (Å²) in [7, 11) is 0. The maximum absolute atomic E-state index is 12.9. The molecule has 0 amide bonds. The van der Waals surface area contributed by atoms with Gasteiger partial charge in [-0.15, -0.1) is 29.8 Å². The van der Waals surface area contributed by atoms with Crippen molar-refractivity contribution < 1.29 is 24.5 Å². The van der Waals surface area contributed by atoms with E-state index in [9.17, 15) is 4.39 Å². The van der Waals surface area contributed by atoms with Crippen LogP contribution >= 0.6 is 0 Å². The van der Waals surface area contributed by atoms with Crippen LogP contribution in [-0.4, -0.2) is 9.97 Å². The van der Waals surface area contributed by atoms with Gasteiger partial charge < -0.3 is 0 Å². The van der Waals surface area contributed by atoms with Gasteiger partial charge in [0, 0.05) is 38.3 Å². The van der Waals surface area contributed by atoms with Gasteiger partial charge in [-0.1, -0.05) is 51.9 Å². The van der Waals surface area contributed by atoms with Crippen LogP contribution in [0.5, 0.6) is 0 Å². The van der Waals surface area contributed by atoms with Crippen LogP contribution in [0.25, 0.3) is 11.4 Å². The molecular formula is C20H26FIrN2-.